The van der Waals surface area contributed by atoms with E-state index in [-0.39, 0.29) is 6.61 Å². The van der Waals surface area contributed by atoms with E-state index in [9.17, 15) is 0 Å². The maximum absolute atomic E-state index is 8.74. The molecule has 1 heterocycles. The van der Waals surface area contributed by atoms with E-state index in [1.807, 2.05) is 29.3 Å². The van der Waals surface area contributed by atoms with Crippen LogP contribution in [0.25, 0.3) is 0 Å². The van der Waals surface area contributed by atoms with E-state index in [1.54, 1.807) is 0 Å². The summed E-state index contributed by atoms with van der Waals surface area (Å²) in [5.74, 6) is 6.29. The molecule has 0 saturated carbocycles. The molecule has 1 aliphatic rings. The Balaban J connectivity index is 1.97. The average Bonchev–Trinajstić information content (AvgIpc) is 2.55. The molecule has 21 heavy (non-hydrogen) atoms. The predicted molar refractivity (Wildman–Crippen MR) is 84.2 cm³/mol. The zero-order chi connectivity index (χ0) is 14.8. The van der Waals surface area contributed by atoms with Crippen LogP contribution >= 0.6 is 0 Å². The molecule has 112 valence electrons. The SMILES string of the molecule is OCCCCC#Cc1ccccc1N=NN1CCCCC1. The lowest BCUT2D eigenvalue weighted by atomic mass is 10.1. The third-order valence-corrected chi connectivity index (χ3v) is 3.45. The molecule has 1 N–H and O–H groups in total. The van der Waals surface area contributed by atoms with Gasteiger partial charge in [-0.25, -0.2) is 0 Å². The molecule has 1 saturated heterocycles. The molecule has 1 aliphatic heterocycles. The van der Waals surface area contributed by atoms with Crippen LogP contribution in [-0.2, 0) is 0 Å². The fourth-order valence-electron chi connectivity index (χ4n) is 2.23. The van der Waals surface area contributed by atoms with Crippen molar-refractivity contribution in [3.05, 3.63) is 29.8 Å². The van der Waals surface area contributed by atoms with Crippen molar-refractivity contribution in [3.8, 4) is 11.8 Å². The number of rotatable bonds is 5. The molecule has 4 nitrogen and oxygen atoms in total. The lowest BCUT2D eigenvalue weighted by Crippen LogP contribution is -2.23. The average molecular weight is 285 g/mol. The molecule has 0 atom stereocenters. The molecule has 0 aliphatic carbocycles. The monoisotopic (exact) mass is 285 g/mol. The first-order valence-corrected chi connectivity index (χ1v) is 7.75. The van der Waals surface area contributed by atoms with E-state index in [0.717, 1.165) is 43.6 Å². The first kappa shape index (κ1) is 15.5. The van der Waals surface area contributed by atoms with Gasteiger partial charge in [0.15, 0.2) is 0 Å². The van der Waals surface area contributed by atoms with Crippen LogP contribution in [0, 0.1) is 11.8 Å². The van der Waals surface area contributed by atoms with Crippen LogP contribution in [0.3, 0.4) is 0 Å². The first-order chi connectivity index (χ1) is 10.4. The summed E-state index contributed by atoms with van der Waals surface area (Å²) < 4.78 is 0. The van der Waals surface area contributed by atoms with Gasteiger partial charge < -0.3 is 5.11 Å². The highest BCUT2D eigenvalue weighted by atomic mass is 16.2. The summed E-state index contributed by atoms with van der Waals surface area (Å²) >= 11 is 0. The molecule has 2 rings (SSSR count). The van der Waals surface area contributed by atoms with Crippen molar-refractivity contribution in [2.24, 2.45) is 10.3 Å². The first-order valence-electron chi connectivity index (χ1n) is 7.75. The molecular weight excluding hydrogens is 262 g/mol. The maximum Gasteiger partial charge on any atom is 0.103 e. The van der Waals surface area contributed by atoms with Gasteiger partial charge in [-0.2, -0.15) is 0 Å². The number of unbranched alkanes of at least 4 members (excludes halogenated alkanes) is 2. The summed E-state index contributed by atoms with van der Waals surface area (Å²) in [6.07, 6.45) is 6.24. The van der Waals surface area contributed by atoms with Gasteiger partial charge in [0.2, 0.25) is 0 Å². The van der Waals surface area contributed by atoms with Crippen molar-refractivity contribution in [2.75, 3.05) is 19.7 Å². The van der Waals surface area contributed by atoms with Gasteiger partial charge in [-0.1, -0.05) is 29.2 Å². The second-order valence-corrected chi connectivity index (χ2v) is 5.20. The Kier molecular flexibility index (Phi) is 6.76. The minimum Gasteiger partial charge on any atom is -0.396 e. The molecular formula is C17H23N3O. The van der Waals surface area contributed by atoms with E-state index in [1.165, 1.54) is 19.3 Å². The van der Waals surface area contributed by atoms with Crippen molar-refractivity contribution in [3.63, 3.8) is 0 Å². The van der Waals surface area contributed by atoms with Crippen LogP contribution in [0.4, 0.5) is 5.69 Å². The normalized spacial score (nSPS) is 15.0. The Bertz CT molecular complexity index is 510. The van der Waals surface area contributed by atoms with Gasteiger partial charge in [0.05, 0.1) is 5.56 Å². The molecule has 0 bridgehead atoms. The highest BCUT2D eigenvalue weighted by Gasteiger charge is 2.07. The Morgan fingerprint density at radius 2 is 1.90 bits per heavy atom. The lowest BCUT2D eigenvalue weighted by Gasteiger charge is -2.21. The van der Waals surface area contributed by atoms with Crippen molar-refractivity contribution >= 4 is 5.69 Å². The van der Waals surface area contributed by atoms with Crippen LogP contribution in [-0.4, -0.2) is 29.8 Å². The smallest absolute Gasteiger partial charge is 0.103 e. The van der Waals surface area contributed by atoms with E-state index < -0.39 is 0 Å². The van der Waals surface area contributed by atoms with Crippen LogP contribution in [0.5, 0.6) is 0 Å². The summed E-state index contributed by atoms with van der Waals surface area (Å²) in [5.41, 5.74) is 1.75. The largest absolute Gasteiger partial charge is 0.396 e. The van der Waals surface area contributed by atoms with Gasteiger partial charge in [0.1, 0.15) is 5.69 Å². The van der Waals surface area contributed by atoms with Gasteiger partial charge in [-0.05, 0) is 44.2 Å². The maximum atomic E-state index is 8.74. The highest BCUT2D eigenvalue weighted by Crippen LogP contribution is 2.19. The highest BCUT2D eigenvalue weighted by molar-refractivity contribution is 5.54. The Hall–Kier alpha value is -1.86. The predicted octanol–water partition coefficient (Wildman–Crippen LogP) is 3.69. The zero-order valence-corrected chi connectivity index (χ0v) is 12.5. The molecule has 1 fully saturated rings. The number of nitrogens with zero attached hydrogens (tertiary/aromatic N) is 3. The number of hydrogen-bond donors (Lipinski definition) is 1. The van der Waals surface area contributed by atoms with Crippen molar-refractivity contribution in [1.29, 1.82) is 0 Å². The standard InChI is InChI=1S/C17H23N3O/c21-15-9-2-1-4-10-16-11-5-6-12-17(16)18-19-20-13-7-3-8-14-20/h5-6,11-12,21H,1-3,7-9,13-15H2. The molecule has 0 radical (unpaired) electrons. The molecule has 4 heteroatoms. The Labute approximate surface area is 126 Å². The third kappa shape index (κ3) is 5.57. The van der Waals surface area contributed by atoms with E-state index in [0.29, 0.717) is 0 Å². The summed E-state index contributed by atoms with van der Waals surface area (Å²) in [5, 5.41) is 19.5. The summed E-state index contributed by atoms with van der Waals surface area (Å²) in [6.45, 7) is 2.24. The van der Waals surface area contributed by atoms with Crippen LogP contribution in [0.2, 0.25) is 0 Å². The zero-order valence-electron chi connectivity index (χ0n) is 12.5. The number of piperidine rings is 1. The summed E-state index contributed by atoms with van der Waals surface area (Å²) in [4.78, 5) is 0. The number of hydrogen-bond acceptors (Lipinski definition) is 3. The van der Waals surface area contributed by atoms with Gasteiger partial charge in [0.25, 0.3) is 0 Å². The second kappa shape index (κ2) is 9.15. The van der Waals surface area contributed by atoms with Crippen LogP contribution < -0.4 is 0 Å². The Morgan fingerprint density at radius 1 is 1.10 bits per heavy atom. The van der Waals surface area contributed by atoms with Crippen LogP contribution in [0.15, 0.2) is 34.6 Å². The fourth-order valence-corrected chi connectivity index (χ4v) is 2.23. The van der Waals surface area contributed by atoms with Crippen molar-refractivity contribution in [2.45, 2.75) is 38.5 Å². The molecule has 0 aromatic heterocycles. The number of aliphatic hydroxyl groups excluding tert-OH is 1. The van der Waals surface area contributed by atoms with Crippen molar-refractivity contribution in [1.82, 2.24) is 5.01 Å². The molecule has 0 amide bonds. The van der Waals surface area contributed by atoms with Gasteiger partial charge in [-0.3, -0.25) is 5.01 Å². The molecule has 0 unspecified atom stereocenters. The van der Waals surface area contributed by atoms with E-state index in [2.05, 4.69) is 22.2 Å². The number of aliphatic hydroxyl groups is 1. The van der Waals surface area contributed by atoms with Gasteiger partial charge in [-0.15, -0.1) is 5.11 Å². The van der Waals surface area contributed by atoms with E-state index >= 15 is 0 Å². The fraction of sp³-hybridized carbons (Fsp3) is 0.529. The van der Waals surface area contributed by atoms with Crippen molar-refractivity contribution < 1.29 is 5.11 Å². The molecule has 0 spiro atoms. The van der Waals surface area contributed by atoms with Crippen LogP contribution in [0.1, 0.15) is 44.1 Å². The van der Waals surface area contributed by atoms with E-state index in [4.69, 9.17) is 5.11 Å². The molecule has 1 aromatic rings. The summed E-state index contributed by atoms with van der Waals surface area (Å²) in [7, 11) is 0. The second-order valence-electron chi connectivity index (χ2n) is 5.20. The quantitative estimate of drug-likeness (QED) is 0.509. The lowest BCUT2D eigenvalue weighted by molar-refractivity contribution is 0.224. The Morgan fingerprint density at radius 3 is 2.71 bits per heavy atom. The van der Waals surface area contributed by atoms with Gasteiger partial charge >= 0.3 is 0 Å². The minimum atomic E-state index is 0.238. The topological polar surface area (TPSA) is 48.2 Å². The number of benzene rings is 1. The minimum absolute atomic E-state index is 0.238. The third-order valence-electron chi connectivity index (χ3n) is 3.45. The molecule has 1 aromatic carbocycles. The van der Waals surface area contributed by atoms with Gasteiger partial charge in [0, 0.05) is 26.1 Å². The summed E-state index contributed by atoms with van der Waals surface area (Å²) in [6, 6.07) is 7.86.